The van der Waals surface area contributed by atoms with Crippen molar-refractivity contribution in [1.29, 1.82) is 0 Å². The van der Waals surface area contributed by atoms with Crippen LogP contribution in [0.25, 0.3) is 11.0 Å². The number of hydrogen-bond donors (Lipinski definition) is 1. The monoisotopic (exact) mass is 378 g/mol. The summed E-state index contributed by atoms with van der Waals surface area (Å²) in [5.74, 6) is -0.294. The highest BCUT2D eigenvalue weighted by atomic mass is 35.5. The second-order valence-corrected chi connectivity index (χ2v) is 8.15. The van der Waals surface area contributed by atoms with Gasteiger partial charge >= 0.3 is 0 Å². The molecule has 0 spiro atoms. The molecule has 0 radical (unpaired) electrons. The van der Waals surface area contributed by atoms with Gasteiger partial charge in [-0.25, -0.2) is 12.7 Å². The van der Waals surface area contributed by atoms with Gasteiger partial charge in [0.1, 0.15) is 5.58 Å². The van der Waals surface area contributed by atoms with Crippen molar-refractivity contribution in [3.63, 3.8) is 0 Å². The molecule has 1 heterocycles. The van der Waals surface area contributed by atoms with E-state index in [1.807, 2.05) is 0 Å². The Kier molecular flexibility index (Phi) is 4.55. The number of halogens is 1. The topological polar surface area (TPSA) is 79.6 Å². The average molecular weight is 379 g/mol. The summed E-state index contributed by atoms with van der Waals surface area (Å²) in [5, 5.41) is 3.95. The molecule has 0 fully saturated rings. The summed E-state index contributed by atoms with van der Waals surface area (Å²) in [4.78, 5) is 12.4. The summed E-state index contributed by atoms with van der Waals surface area (Å²) in [6.45, 7) is 0. The number of sulfonamides is 1. The first-order valence-electron chi connectivity index (χ1n) is 7.30. The van der Waals surface area contributed by atoms with Crippen LogP contribution in [-0.4, -0.2) is 32.7 Å². The number of rotatable bonds is 4. The SMILES string of the molecule is CN(C)S(=O)(=O)c1ccc(NC(=O)c2cc3cc(Cl)ccc3o2)cc1. The van der Waals surface area contributed by atoms with Crippen molar-refractivity contribution in [1.82, 2.24) is 4.31 Å². The van der Waals surface area contributed by atoms with Gasteiger partial charge in [0.05, 0.1) is 4.90 Å². The van der Waals surface area contributed by atoms with Crippen LogP contribution in [0.1, 0.15) is 10.6 Å². The molecule has 1 amide bonds. The van der Waals surface area contributed by atoms with Crippen LogP contribution in [0, 0.1) is 0 Å². The molecule has 0 bridgehead atoms. The maximum atomic E-state index is 12.3. The van der Waals surface area contributed by atoms with Gasteiger partial charge in [0.15, 0.2) is 5.76 Å². The van der Waals surface area contributed by atoms with Gasteiger partial charge in [0.2, 0.25) is 10.0 Å². The van der Waals surface area contributed by atoms with Gasteiger partial charge in [0.25, 0.3) is 5.91 Å². The number of anilines is 1. The van der Waals surface area contributed by atoms with Crippen LogP contribution in [0.15, 0.2) is 57.8 Å². The van der Waals surface area contributed by atoms with E-state index in [9.17, 15) is 13.2 Å². The third-order valence-corrected chi connectivity index (χ3v) is 5.66. The highest BCUT2D eigenvalue weighted by Gasteiger charge is 2.17. The van der Waals surface area contributed by atoms with E-state index in [0.717, 1.165) is 9.69 Å². The normalized spacial score (nSPS) is 11.8. The van der Waals surface area contributed by atoms with Crippen LogP contribution < -0.4 is 5.32 Å². The van der Waals surface area contributed by atoms with Gasteiger partial charge in [-0.2, -0.15) is 0 Å². The van der Waals surface area contributed by atoms with Crippen molar-refractivity contribution in [3.05, 3.63) is 59.3 Å². The molecule has 3 rings (SSSR count). The fourth-order valence-corrected chi connectivity index (χ4v) is 3.32. The van der Waals surface area contributed by atoms with Gasteiger partial charge in [-0.05, 0) is 48.5 Å². The molecular formula is C17H15ClN2O4S. The Morgan fingerprint density at radius 3 is 2.40 bits per heavy atom. The molecule has 0 aliphatic heterocycles. The molecule has 3 aromatic rings. The molecule has 25 heavy (non-hydrogen) atoms. The Bertz CT molecular complexity index is 1040. The molecule has 1 aromatic heterocycles. The summed E-state index contributed by atoms with van der Waals surface area (Å²) in [7, 11) is -0.592. The second kappa shape index (κ2) is 6.51. The van der Waals surface area contributed by atoms with Gasteiger partial charge in [-0.3, -0.25) is 4.79 Å². The van der Waals surface area contributed by atoms with Crippen LogP contribution in [0.5, 0.6) is 0 Å². The molecule has 0 unspecified atom stereocenters. The molecule has 0 saturated heterocycles. The number of benzene rings is 2. The fraction of sp³-hybridized carbons (Fsp3) is 0.118. The summed E-state index contributed by atoms with van der Waals surface area (Å²) >= 11 is 5.92. The molecule has 0 atom stereocenters. The van der Waals surface area contributed by atoms with Gasteiger partial charge < -0.3 is 9.73 Å². The smallest absolute Gasteiger partial charge is 0.291 e. The van der Waals surface area contributed by atoms with Crippen molar-refractivity contribution in [2.75, 3.05) is 19.4 Å². The van der Waals surface area contributed by atoms with Crippen molar-refractivity contribution in [3.8, 4) is 0 Å². The van der Waals surface area contributed by atoms with Crippen LogP contribution in [0.3, 0.4) is 0 Å². The zero-order valence-electron chi connectivity index (χ0n) is 13.5. The quantitative estimate of drug-likeness (QED) is 0.752. The Morgan fingerprint density at radius 2 is 1.76 bits per heavy atom. The number of carbonyl (C=O) groups excluding carboxylic acids is 1. The second-order valence-electron chi connectivity index (χ2n) is 5.56. The highest BCUT2D eigenvalue weighted by molar-refractivity contribution is 7.89. The van der Waals surface area contributed by atoms with Gasteiger partial charge in [-0.15, -0.1) is 0 Å². The molecular weight excluding hydrogens is 364 g/mol. The van der Waals surface area contributed by atoms with Crippen molar-refractivity contribution < 1.29 is 17.6 Å². The summed E-state index contributed by atoms with van der Waals surface area (Å²) in [6, 6.07) is 12.6. The first kappa shape index (κ1) is 17.5. The van der Waals surface area contributed by atoms with E-state index >= 15 is 0 Å². The number of carbonyl (C=O) groups is 1. The van der Waals surface area contributed by atoms with Gasteiger partial charge in [0, 0.05) is 30.2 Å². The fourth-order valence-electron chi connectivity index (χ4n) is 2.24. The van der Waals surface area contributed by atoms with Crippen LogP contribution in [-0.2, 0) is 10.0 Å². The maximum Gasteiger partial charge on any atom is 0.291 e. The Hall–Kier alpha value is -2.35. The predicted molar refractivity (Wildman–Crippen MR) is 96.5 cm³/mol. The van der Waals surface area contributed by atoms with Crippen LogP contribution >= 0.6 is 11.6 Å². The molecule has 0 saturated carbocycles. The predicted octanol–water partition coefficient (Wildman–Crippen LogP) is 3.59. The zero-order valence-corrected chi connectivity index (χ0v) is 15.1. The lowest BCUT2D eigenvalue weighted by Crippen LogP contribution is -2.22. The van der Waals surface area contributed by atoms with Crippen molar-refractivity contribution >= 4 is 44.2 Å². The lowest BCUT2D eigenvalue weighted by Gasteiger charge is -2.11. The number of furan rings is 1. The Labute approximate surface area is 150 Å². The summed E-state index contributed by atoms with van der Waals surface area (Å²) in [6.07, 6.45) is 0. The van der Waals surface area contributed by atoms with E-state index in [2.05, 4.69) is 5.32 Å². The molecule has 130 valence electrons. The van der Waals surface area contributed by atoms with E-state index in [-0.39, 0.29) is 10.7 Å². The lowest BCUT2D eigenvalue weighted by molar-refractivity contribution is 0.0998. The van der Waals surface area contributed by atoms with Crippen molar-refractivity contribution in [2.24, 2.45) is 0 Å². The molecule has 2 aromatic carbocycles. The van der Waals surface area contributed by atoms with E-state index in [1.54, 1.807) is 24.3 Å². The molecule has 1 N–H and O–H groups in total. The Morgan fingerprint density at radius 1 is 1.08 bits per heavy atom. The van der Waals surface area contributed by atoms with E-state index in [0.29, 0.717) is 16.3 Å². The largest absolute Gasteiger partial charge is 0.451 e. The zero-order chi connectivity index (χ0) is 18.2. The number of fused-ring (bicyclic) bond motifs is 1. The molecule has 0 aliphatic rings. The molecule has 6 nitrogen and oxygen atoms in total. The average Bonchev–Trinajstić information content (AvgIpc) is 2.98. The number of nitrogens with zero attached hydrogens (tertiary/aromatic N) is 1. The number of nitrogens with one attached hydrogen (secondary N) is 1. The third kappa shape index (κ3) is 3.53. The number of amides is 1. The highest BCUT2D eigenvalue weighted by Crippen LogP contribution is 2.24. The van der Waals surface area contributed by atoms with E-state index in [4.69, 9.17) is 16.0 Å². The van der Waals surface area contributed by atoms with Gasteiger partial charge in [-0.1, -0.05) is 11.6 Å². The van der Waals surface area contributed by atoms with E-state index < -0.39 is 15.9 Å². The minimum atomic E-state index is -3.51. The first-order valence-corrected chi connectivity index (χ1v) is 9.12. The Balaban J connectivity index is 1.80. The molecule has 8 heteroatoms. The summed E-state index contributed by atoms with van der Waals surface area (Å²) < 4.78 is 30.7. The first-order chi connectivity index (χ1) is 11.8. The van der Waals surface area contributed by atoms with E-state index in [1.165, 1.54) is 38.4 Å². The molecule has 0 aliphatic carbocycles. The van der Waals surface area contributed by atoms with Crippen LogP contribution in [0.2, 0.25) is 5.02 Å². The summed E-state index contributed by atoms with van der Waals surface area (Å²) in [5.41, 5.74) is 1.02. The lowest BCUT2D eigenvalue weighted by atomic mass is 10.2. The van der Waals surface area contributed by atoms with Crippen LogP contribution in [0.4, 0.5) is 5.69 Å². The minimum Gasteiger partial charge on any atom is -0.451 e. The van der Waals surface area contributed by atoms with Crippen molar-refractivity contribution in [2.45, 2.75) is 4.90 Å². The standard InChI is InChI=1S/C17H15ClN2O4S/c1-20(2)25(22,23)14-6-4-13(5-7-14)19-17(21)16-10-11-9-12(18)3-8-15(11)24-16/h3-10H,1-2H3,(H,19,21). The maximum absolute atomic E-state index is 12.3. The third-order valence-electron chi connectivity index (χ3n) is 3.59. The number of hydrogen-bond acceptors (Lipinski definition) is 4. The minimum absolute atomic E-state index is 0.141.